The predicted octanol–water partition coefficient (Wildman–Crippen LogP) is 2.23. The maximum Gasteiger partial charge on any atom is 0.222 e. The minimum Gasteiger partial charge on any atom is -0.338 e. The highest BCUT2D eigenvalue weighted by Gasteiger charge is 2.19. The van der Waals surface area contributed by atoms with Crippen molar-refractivity contribution in [1.29, 1.82) is 0 Å². The molecule has 0 unspecified atom stereocenters. The fourth-order valence-electron chi connectivity index (χ4n) is 1.58. The van der Waals surface area contributed by atoms with Crippen molar-refractivity contribution in [3.8, 4) is 0 Å². The molecule has 1 aromatic heterocycles. The molecule has 1 saturated heterocycles. The Bertz CT molecular complexity index is 298. The van der Waals surface area contributed by atoms with Gasteiger partial charge in [0.1, 0.15) is 0 Å². The summed E-state index contributed by atoms with van der Waals surface area (Å²) in [6.45, 7) is 5.61. The molecule has 0 saturated carbocycles. The van der Waals surface area contributed by atoms with Crippen LogP contribution in [0, 0.1) is 0 Å². The molecular formula is C12H18N2O. The van der Waals surface area contributed by atoms with Crippen LogP contribution in [0.4, 0.5) is 0 Å². The Morgan fingerprint density at radius 2 is 2.27 bits per heavy atom. The lowest BCUT2D eigenvalue weighted by molar-refractivity contribution is -0.128. The van der Waals surface area contributed by atoms with Gasteiger partial charge in [0.2, 0.25) is 5.91 Å². The number of amides is 1. The lowest BCUT2D eigenvalue weighted by Crippen LogP contribution is -2.23. The molecular weight excluding hydrogens is 188 g/mol. The molecule has 1 aliphatic heterocycles. The normalized spacial score (nSPS) is 14.8. The average molecular weight is 206 g/mol. The molecule has 3 heteroatoms. The van der Waals surface area contributed by atoms with Gasteiger partial charge in [0.15, 0.2) is 0 Å². The quantitative estimate of drug-likeness (QED) is 0.743. The van der Waals surface area contributed by atoms with Crippen LogP contribution in [0.2, 0.25) is 0 Å². The Hall–Kier alpha value is -1.38. The van der Waals surface area contributed by atoms with E-state index in [0.29, 0.717) is 13.0 Å². The number of carbonyl (C=O) groups excluding carboxylic acids is 1. The molecule has 0 N–H and O–H groups in total. The molecule has 0 atom stereocenters. The second-order valence-electron chi connectivity index (χ2n) is 3.28. The van der Waals surface area contributed by atoms with Gasteiger partial charge in [0.05, 0.1) is 0 Å². The minimum absolute atomic E-state index is 0.267. The third-order valence-electron chi connectivity index (χ3n) is 2.27. The standard InChI is InChI=1S/C10H12N2O.C2H6/c13-10-4-2-6-12(10)8-9-3-1-5-11-7-9;1-2/h1,3,5,7H,2,4,6,8H2;1-2H3. The first-order valence-electron chi connectivity index (χ1n) is 5.53. The van der Waals surface area contributed by atoms with Gasteiger partial charge in [-0.05, 0) is 18.1 Å². The van der Waals surface area contributed by atoms with E-state index in [-0.39, 0.29) is 5.91 Å². The van der Waals surface area contributed by atoms with Gasteiger partial charge in [-0.15, -0.1) is 0 Å². The van der Waals surface area contributed by atoms with Gasteiger partial charge in [0.25, 0.3) is 0 Å². The van der Waals surface area contributed by atoms with Crippen LogP contribution in [0.3, 0.4) is 0 Å². The molecule has 3 nitrogen and oxygen atoms in total. The Kier molecular flexibility index (Phi) is 4.81. The zero-order valence-corrected chi connectivity index (χ0v) is 9.44. The maximum absolute atomic E-state index is 11.3. The van der Waals surface area contributed by atoms with Crippen LogP contribution in [-0.4, -0.2) is 22.3 Å². The van der Waals surface area contributed by atoms with Crippen molar-refractivity contribution < 1.29 is 4.79 Å². The van der Waals surface area contributed by atoms with Crippen LogP contribution in [0.25, 0.3) is 0 Å². The van der Waals surface area contributed by atoms with Crippen molar-refractivity contribution >= 4 is 5.91 Å². The number of rotatable bonds is 2. The molecule has 82 valence electrons. The molecule has 1 aromatic rings. The van der Waals surface area contributed by atoms with E-state index in [2.05, 4.69) is 4.98 Å². The molecule has 0 spiro atoms. The molecule has 1 fully saturated rings. The first-order valence-corrected chi connectivity index (χ1v) is 5.53. The maximum atomic E-state index is 11.3. The van der Waals surface area contributed by atoms with E-state index < -0.39 is 0 Å². The van der Waals surface area contributed by atoms with Crippen LogP contribution >= 0.6 is 0 Å². The largest absolute Gasteiger partial charge is 0.338 e. The topological polar surface area (TPSA) is 33.2 Å². The number of pyridine rings is 1. The molecule has 0 radical (unpaired) electrons. The molecule has 1 amide bonds. The van der Waals surface area contributed by atoms with Crippen molar-refractivity contribution in [3.63, 3.8) is 0 Å². The van der Waals surface area contributed by atoms with Crippen LogP contribution < -0.4 is 0 Å². The van der Waals surface area contributed by atoms with Crippen molar-refractivity contribution in [2.45, 2.75) is 33.2 Å². The van der Waals surface area contributed by atoms with Crippen molar-refractivity contribution in [3.05, 3.63) is 30.1 Å². The summed E-state index contributed by atoms with van der Waals surface area (Å²) in [7, 11) is 0. The summed E-state index contributed by atoms with van der Waals surface area (Å²) in [5, 5.41) is 0. The van der Waals surface area contributed by atoms with Gasteiger partial charge in [0, 0.05) is 31.9 Å². The monoisotopic (exact) mass is 206 g/mol. The number of hydrogen-bond acceptors (Lipinski definition) is 2. The summed E-state index contributed by atoms with van der Waals surface area (Å²) >= 11 is 0. The Morgan fingerprint density at radius 3 is 2.80 bits per heavy atom. The molecule has 0 bridgehead atoms. The highest BCUT2D eigenvalue weighted by Crippen LogP contribution is 2.12. The predicted molar refractivity (Wildman–Crippen MR) is 60.2 cm³/mol. The summed E-state index contributed by atoms with van der Waals surface area (Å²) in [5.74, 6) is 0.267. The smallest absolute Gasteiger partial charge is 0.222 e. The molecule has 2 rings (SSSR count). The third-order valence-corrected chi connectivity index (χ3v) is 2.27. The summed E-state index contributed by atoms with van der Waals surface area (Å²) in [6, 6.07) is 3.90. The van der Waals surface area contributed by atoms with Gasteiger partial charge >= 0.3 is 0 Å². The SMILES string of the molecule is CC.O=C1CCCN1Cc1cccnc1. The molecule has 15 heavy (non-hydrogen) atoms. The van der Waals surface area contributed by atoms with E-state index in [0.717, 1.165) is 18.5 Å². The van der Waals surface area contributed by atoms with E-state index >= 15 is 0 Å². The van der Waals surface area contributed by atoms with Crippen LogP contribution in [0.15, 0.2) is 24.5 Å². The van der Waals surface area contributed by atoms with Gasteiger partial charge in [-0.1, -0.05) is 19.9 Å². The van der Waals surface area contributed by atoms with Crippen LogP contribution in [0.1, 0.15) is 32.3 Å². The summed E-state index contributed by atoms with van der Waals surface area (Å²) in [4.78, 5) is 17.2. The molecule has 2 heterocycles. The van der Waals surface area contributed by atoms with E-state index in [1.54, 1.807) is 6.20 Å². The van der Waals surface area contributed by atoms with Gasteiger partial charge < -0.3 is 4.90 Å². The zero-order valence-electron chi connectivity index (χ0n) is 9.44. The highest BCUT2D eigenvalue weighted by atomic mass is 16.2. The Balaban J connectivity index is 0.000000531. The minimum atomic E-state index is 0.267. The van der Waals surface area contributed by atoms with E-state index in [1.807, 2.05) is 37.1 Å². The lowest BCUT2D eigenvalue weighted by atomic mass is 10.3. The molecule has 0 aromatic carbocycles. The highest BCUT2D eigenvalue weighted by molar-refractivity contribution is 5.78. The second-order valence-corrected chi connectivity index (χ2v) is 3.28. The number of hydrogen-bond donors (Lipinski definition) is 0. The number of carbonyl (C=O) groups is 1. The molecule has 0 aliphatic carbocycles. The van der Waals surface area contributed by atoms with Gasteiger partial charge in [-0.25, -0.2) is 0 Å². The van der Waals surface area contributed by atoms with Crippen LogP contribution in [0.5, 0.6) is 0 Å². The summed E-state index contributed by atoms with van der Waals surface area (Å²) in [5.41, 5.74) is 1.11. The fraction of sp³-hybridized carbons (Fsp3) is 0.500. The number of nitrogens with zero attached hydrogens (tertiary/aromatic N) is 2. The second kappa shape index (κ2) is 6.17. The summed E-state index contributed by atoms with van der Waals surface area (Å²) < 4.78 is 0. The van der Waals surface area contributed by atoms with E-state index in [1.165, 1.54) is 0 Å². The number of likely N-dealkylation sites (tertiary alicyclic amines) is 1. The average Bonchev–Trinajstić information content (AvgIpc) is 2.69. The molecule has 1 aliphatic rings. The van der Waals surface area contributed by atoms with Crippen LogP contribution in [-0.2, 0) is 11.3 Å². The number of aromatic nitrogens is 1. The van der Waals surface area contributed by atoms with Gasteiger partial charge in [-0.3, -0.25) is 9.78 Å². The zero-order chi connectivity index (χ0) is 11.1. The van der Waals surface area contributed by atoms with Crippen molar-refractivity contribution in [1.82, 2.24) is 9.88 Å². The third kappa shape index (κ3) is 3.35. The summed E-state index contributed by atoms with van der Waals surface area (Å²) in [6.07, 6.45) is 5.26. The van der Waals surface area contributed by atoms with E-state index in [9.17, 15) is 4.79 Å². The van der Waals surface area contributed by atoms with E-state index in [4.69, 9.17) is 0 Å². The lowest BCUT2D eigenvalue weighted by Gasteiger charge is -2.14. The Morgan fingerprint density at radius 1 is 1.47 bits per heavy atom. The van der Waals surface area contributed by atoms with Crippen molar-refractivity contribution in [2.24, 2.45) is 0 Å². The van der Waals surface area contributed by atoms with Gasteiger partial charge in [-0.2, -0.15) is 0 Å². The first-order chi connectivity index (χ1) is 7.36. The first kappa shape index (κ1) is 11.7. The fourth-order valence-corrected chi connectivity index (χ4v) is 1.58. The Labute approximate surface area is 91.1 Å². The van der Waals surface area contributed by atoms with Crippen molar-refractivity contribution in [2.75, 3.05) is 6.54 Å².